The molecule has 0 saturated heterocycles. The molecule has 156 valence electrons. The number of hydrogen-bond acceptors (Lipinski definition) is 5. The van der Waals surface area contributed by atoms with E-state index in [9.17, 15) is 9.59 Å². The second-order valence-corrected chi connectivity index (χ2v) is 6.85. The van der Waals surface area contributed by atoms with Crippen molar-refractivity contribution in [3.63, 3.8) is 0 Å². The fourth-order valence-corrected chi connectivity index (χ4v) is 3.12. The molecule has 0 radical (unpaired) electrons. The first-order chi connectivity index (χ1) is 14.5. The minimum atomic E-state index is -0.779. The molecule has 2 aromatic carbocycles. The molecule has 3 rings (SSSR count). The number of benzene rings is 2. The zero-order valence-electron chi connectivity index (χ0n) is 17.5. The Morgan fingerprint density at radius 2 is 1.80 bits per heavy atom. The van der Waals surface area contributed by atoms with Gasteiger partial charge in [0.15, 0.2) is 0 Å². The molecule has 1 amide bonds. The molecule has 0 aliphatic carbocycles. The van der Waals surface area contributed by atoms with Crippen LogP contribution < -0.4 is 20.3 Å². The van der Waals surface area contributed by atoms with Gasteiger partial charge in [-0.05, 0) is 31.5 Å². The van der Waals surface area contributed by atoms with Crippen LogP contribution in [0.2, 0.25) is 0 Å². The van der Waals surface area contributed by atoms with Crippen LogP contribution in [0.15, 0.2) is 59.4 Å². The van der Waals surface area contributed by atoms with Crippen LogP contribution in [0.5, 0.6) is 11.5 Å². The number of methoxy groups -OCH3 is 2. The molecule has 0 aliphatic heterocycles. The lowest BCUT2D eigenvalue weighted by molar-refractivity contribution is -0.119. The van der Waals surface area contributed by atoms with Crippen LogP contribution in [-0.4, -0.2) is 29.9 Å². The molecule has 0 fully saturated rings. The average molecular weight is 407 g/mol. The molecule has 0 aliphatic rings. The van der Waals surface area contributed by atoms with Crippen molar-refractivity contribution < 1.29 is 14.3 Å². The van der Waals surface area contributed by atoms with Crippen molar-refractivity contribution in [2.75, 3.05) is 19.5 Å². The third kappa shape index (κ3) is 4.51. The first kappa shape index (κ1) is 21.1. The van der Waals surface area contributed by atoms with Gasteiger partial charge in [0.2, 0.25) is 5.91 Å². The normalized spacial score (nSPS) is 11.6. The maximum Gasteiger partial charge on any atom is 0.267 e. The quantitative estimate of drug-likeness (QED) is 0.644. The van der Waals surface area contributed by atoms with Gasteiger partial charge < -0.3 is 14.8 Å². The monoisotopic (exact) mass is 407 g/mol. The molecule has 0 saturated carbocycles. The molecule has 7 nitrogen and oxygen atoms in total. The van der Waals surface area contributed by atoms with Crippen molar-refractivity contribution in [1.82, 2.24) is 9.78 Å². The lowest BCUT2D eigenvalue weighted by Gasteiger charge is -2.19. The van der Waals surface area contributed by atoms with Crippen LogP contribution >= 0.6 is 0 Å². The highest BCUT2D eigenvalue weighted by Crippen LogP contribution is 2.29. The fraction of sp³-hybridized carbons (Fsp3) is 0.261. The molecule has 1 N–H and O–H groups in total. The van der Waals surface area contributed by atoms with Crippen LogP contribution in [0.1, 0.15) is 24.9 Å². The summed E-state index contributed by atoms with van der Waals surface area (Å²) >= 11 is 0. The zero-order valence-corrected chi connectivity index (χ0v) is 17.5. The minimum Gasteiger partial charge on any atom is -0.497 e. The third-order valence-electron chi connectivity index (χ3n) is 4.82. The first-order valence-electron chi connectivity index (χ1n) is 9.66. The molecular formula is C23H25N3O4. The van der Waals surface area contributed by atoms with E-state index in [4.69, 9.17) is 9.47 Å². The van der Waals surface area contributed by atoms with Crippen molar-refractivity contribution in [3.8, 4) is 22.8 Å². The standard InChI is InChI=1S/C23H25N3O4/c1-5-20(23(28)24-19-14-17(29-3)10-12-21(19)30-4)26-22(27)13-11-18(25-26)16-8-6-15(2)7-9-16/h6-14,20H,5H2,1-4H3,(H,24,28)/t20-/m0/s1. The van der Waals surface area contributed by atoms with E-state index < -0.39 is 6.04 Å². The smallest absolute Gasteiger partial charge is 0.267 e. The number of nitrogens with one attached hydrogen (secondary N) is 1. The summed E-state index contributed by atoms with van der Waals surface area (Å²) < 4.78 is 11.8. The average Bonchev–Trinajstić information content (AvgIpc) is 2.76. The Bertz CT molecular complexity index is 1090. The largest absolute Gasteiger partial charge is 0.497 e. The maximum atomic E-state index is 13.0. The predicted octanol–water partition coefficient (Wildman–Crippen LogP) is 3.83. The second kappa shape index (κ2) is 9.26. The maximum absolute atomic E-state index is 13.0. The first-order valence-corrected chi connectivity index (χ1v) is 9.66. The molecule has 3 aromatic rings. The molecular weight excluding hydrogens is 382 g/mol. The summed E-state index contributed by atoms with van der Waals surface area (Å²) in [4.78, 5) is 25.6. The Hall–Kier alpha value is -3.61. The number of ether oxygens (including phenoxy) is 2. The van der Waals surface area contributed by atoms with Crippen LogP contribution in [0.25, 0.3) is 11.3 Å². The highest BCUT2D eigenvalue weighted by atomic mass is 16.5. The van der Waals surface area contributed by atoms with Gasteiger partial charge >= 0.3 is 0 Å². The molecule has 0 bridgehead atoms. The van der Waals surface area contributed by atoms with Gasteiger partial charge in [-0.25, -0.2) is 4.68 Å². The number of rotatable bonds is 7. The number of carbonyl (C=O) groups is 1. The third-order valence-corrected chi connectivity index (χ3v) is 4.82. The number of anilines is 1. The van der Waals surface area contributed by atoms with Crippen LogP contribution in [0.3, 0.4) is 0 Å². The van der Waals surface area contributed by atoms with E-state index in [0.29, 0.717) is 29.3 Å². The highest BCUT2D eigenvalue weighted by molar-refractivity contribution is 5.95. The summed E-state index contributed by atoms with van der Waals surface area (Å²) in [5.41, 5.74) is 2.75. The topological polar surface area (TPSA) is 82.4 Å². The Morgan fingerprint density at radius 1 is 1.07 bits per heavy atom. The SMILES string of the molecule is CC[C@@H](C(=O)Nc1cc(OC)ccc1OC)n1nc(-c2ccc(C)cc2)ccc1=O. The summed E-state index contributed by atoms with van der Waals surface area (Å²) in [5, 5.41) is 7.31. The van der Waals surface area contributed by atoms with E-state index in [2.05, 4.69) is 10.4 Å². The molecule has 1 atom stereocenters. The predicted molar refractivity (Wildman–Crippen MR) is 116 cm³/mol. The van der Waals surface area contributed by atoms with Gasteiger partial charge in [0.1, 0.15) is 17.5 Å². The number of nitrogens with zero attached hydrogens (tertiary/aromatic N) is 2. The number of hydrogen-bond donors (Lipinski definition) is 1. The lowest BCUT2D eigenvalue weighted by Crippen LogP contribution is -2.34. The summed E-state index contributed by atoms with van der Waals surface area (Å²) in [7, 11) is 3.06. The Kier molecular flexibility index (Phi) is 6.51. The summed E-state index contributed by atoms with van der Waals surface area (Å²) in [6.07, 6.45) is 0.391. The Morgan fingerprint density at radius 3 is 2.43 bits per heavy atom. The molecule has 30 heavy (non-hydrogen) atoms. The number of carbonyl (C=O) groups excluding carboxylic acids is 1. The molecule has 0 spiro atoms. The number of aromatic nitrogens is 2. The fourth-order valence-electron chi connectivity index (χ4n) is 3.12. The van der Waals surface area contributed by atoms with E-state index in [1.165, 1.54) is 17.9 Å². The lowest BCUT2D eigenvalue weighted by atomic mass is 10.1. The minimum absolute atomic E-state index is 0.342. The zero-order chi connectivity index (χ0) is 21.7. The van der Waals surface area contributed by atoms with Crippen molar-refractivity contribution in [2.45, 2.75) is 26.3 Å². The number of amides is 1. The van der Waals surface area contributed by atoms with Gasteiger partial charge in [0.05, 0.1) is 25.6 Å². The van der Waals surface area contributed by atoms with Gasteiger partial charge in [0.25, 0.3) is 5.56 Å². The van der Waals surface area contributed by atoms with Crippen molar-refractivity contribution >= 4 is 11.6 Å². The molecule has 7 heteroatoms. The summed E-state index contributed by atoms with van der Waals surface area (Å²) in [6.45, 7) is 3.84. The van der Waals surface area contributed by atoms with Gasteiger partial charge in [-0.1, -0.05) is 36.8 Å². The summed E-state index contributed by atoms with van der Waals surface area (Å²) in [5.74, 6) is 0.711. The second-order valence-electron chi connectivity index (χ2n) is 6.85. The van der Waals surface area contributed by atoms with Crippen LogP contribution in [0.4, 0.5) is 5.69 Å². The van der Waals surface area contributed by atoms with E-state index in [1.807, 2.05) is 38.1 Å². The Balaban J connectivity index is 1.94. The molecule has 1 heterocycles. The molecule has 1 aromatic heterocycles. The van der Waals surface area contributed by atoms with E-state index in [0.717, 1.165) is 11.1 Å². The van der Waals surface area contributed by atoms with Gasteiger partial charge in [0, 0.05) is 17.7 Å². The summed E-state index contributed by atoms with van der Waals surface area (Å²) in [6, 6.07) is 15.3. The van der Waals surface area contributed by atoms with Crippen LogP contribution in [-0.2, 0) is 4.79 Å². The molecule has 0 unspecified atom stereocenters. The van der Waals surface area contributed by atoms with E-state index in [1.54, 1.807) is 31.4 Å². The van der Waals surface area contributed by atoms with Crippen molar-refractivity contribution in [3.05, 3.63) is 70.5 Å². The van der Waals surface area contributed by atoms with Gasteiger partial charge in [-0.2, -0.15) is 5.10 Å². The van der Waals surface area contributed by atoms with Crippen molar-refractivity contribution in [2.24, 2.45) is 0 Å². The van der Waals surface area contributed by atoms with Crippen molar-refractivity contribution in [1.29, 1.82) is 0 Å². The highest BCUT2D eigenvalue weighted by Gasteiger charge is 2.23. The van der Waals surface area contributed by atoms with E-state index >= 15 is 0 Å². The van der Waals surface area contributed by atoms with E-state index in [-0.39, 0.29) is 11.5 Å². The van der Waals surface area contributed by atoms with Gasteiger partial charge in [-0.15, -0.1) is 0 Å². The van der Waals surface area contributed by atoms with Crippen LogP contribution in [0, 0.1) is 6.92 Å². The van der Waals surface area contributed by atoms with Gasteiger partial charge in [-0.3, -0.25) is 9.59 Å². The number of aryl methyl sites for hydroxylation is 1. The Labute approximate surface area is 175 Å².